The van der Waals surface area contributed by atoms with Crippen molar-refractivity contribution in [2.24, 2.45) is 7.05 Å². The molecule has 23 heavy (non-hydrogen) atoms. The summed E-state index contributed by atoms with van der Waals surface area (Å²) in [6, 6.07) is 11.9. The van der Waals surface area contributed by atoms with Gasteiger partial charge in [0.1, 0.15) is 11.6 Å². The van der Waals surface area contributed by atoms with Crippen molar-refractivity contribution in [3.05, 3.63) is 65.9 Å². The Hall–Kier alpha value is -2.75. The summed E-state index contributed by atoms with van der Waals surface area (Å²) in [5, 5.41) is 1.41. The zero-order valence-electron chi connectivity index (χ0n) is 12.8. The van der Waals surface area contributed by atoms with Gasteiger partial charge in [0.05, 0.1) is 11.2 Å². The minimum atomic E-state index is -0.616. The number of nitrogens with zero attached hydrogens (tertiary/aromatic N) is 2. The van der Waals surface area contributed by atoms with Crippen LogP contribution in [0, 0.1) is 18.6 Å². The molecule has 0 amide bonds. The number of benzene rings is 2. The second kappa shape index (κ2) is 4.88. The van der Waals surface area contributed by atoms with E-state index in [2.05, 4.69) is 4.98 Å². The quantitative estimate of drug-likeness (QED) is 0.485. The molecular formula is C19H14F2N2. The molecule has 0 N–H and O–H groups in total. The average molecular weight is 308 g/mol. The molecule has 4 rings (SSSR count). The Morgan fingerprint density at radius 3 is 2.65 bits per heavy atom. The summed E-state index contributed by atoms with van der Waals surface area (Å²) >= 11 is 0. The summed E-state index contributed by atoms with van der Waals surface area (Å²) in [5.41, 5.74) is 4.00. The van der Waals surface area contributed by atoms with E-state index < -0.39 is 11.6 Å². The van der Waals surface area contributed by atoms with Crippen LogP contribution in [0.5, 0.6) is 0 Å². The first kappa shape index (κ1) is 13.9. The fourth-order valence-electron chi connectivity index (χ4n) is 3.08. The molecule has 4 aromatic rings. The molecule has 0 unspecified atom stereocenters. The van der Waals surface area contributed by atoms with Crippen molar-refractivity contribution in [2.45, 2.75) is 6.92 Å². The van der Waals surface area contributed by atoms with Crippen LogP contribution in [0.15, 0.2) is 48.7 Å². The van der Waals surface area contributed by atoms with Gasteiger partial charge in [-0.15, -0.1) is 0 Å². The summed E-state index contributed by atoms with van der Waals surface area (Å²) in [7, 11) is 1.98. The molecule has 0 bridgehead atoms. The van der Waals surface area contributed by atoms with Crippen LogP contribution in [0.25, 0.3) is 33.1 Å². The zero-order valence-corrected chi connectivity index (χ0v) is 12.8. The Morgan fingerprint density at radius 1 is 1.00 bits per heavy atom. The van der Waals surface area contributed by atoms with Crippen LogP contribution < -0.4 is 0 Å². The highest BCUT2D eigenvalue weighted by molar-refractivity contribution is 5.96. The minimum Gasteiger partial charge on any atom is -0.351 e. The van der Waals surface area contributed by atoms with E-state index in [1.807, 2.05) is 49.0 Å². The summed E-state index contributed by atoms with van der Waals surface area (Å²) in [4.78, 5) is 4.54. The Morgan fingerprint density at radius 2 is 1.83 bits per heavy atom. The third-order valence-electron chi connectivity index (χ3n) is 4.22. The van der Waals surface area contributed by atoms with Crippen molar-refractivity contribution in [1.82, 2.24) is 9.55 Å². The zero-order chi connectivity index (χ0) is 16.1. The molecule has 2 aromatic carbocycles. The molecule has 0 fully saturated rings. The van der Waals surface area contributed by atoms with Crippen LogP contribution in [0.3, 0.4) is 0 Å². The van der Waals surface area contributed by atoms with E-state index in [9.17, 15) is 8.78 Å². The number of rotatable bonds is 1. The molecule has 0 atom stereocenters. The smallest absolute Gasteiger partial charge is 0.135 e. The highest BCUT2D eigenvalue weighted by atomic mass is 19.1. The maximum absolute atomic E-state index is 13.9. The third kappa shape index (κ3) is 2.10. The van der Waals surface area contributed by atoms with Crippen LogP contribution in [0.4, 0.5) is 8.78 Å². The van der Waals surface area contributed by atoms with Crippen molar-refractivity contribution in [2.75, 3.05) is 0 Å². The van der Waals surface area contributed by atoms with Crippen LogP contribution in [-0.4, -0.2) is 9.55 Å². The molecule has 114 valence electrons. The fraction of sp³-hybridized carbons (Fsp3) is 0.105. The van der Waals surface area contributed by atoms with Gasteiger partial charge in [0, 0.05) is 47.2 Å². The normalized spacial score (nSPS) is 11.5. The van der Waals surface area contributed by atoms with Gasteiger partial charge >= 0.3 is 0 Å². The van der Waals surface area contributed by atoms with Crippen molar-refractivity contribution >= 4 is 21.8 Å². The van der Waals surface area contributed by atoms with E-state index in [1.54, 1.807) is 6.07 Å². The molecular weight excluding hydrogens is 294 g/mol. The molecule has 2 heterocycles. The number of pyridine rings is 1. The largest absolute Gasteiger partial charge is 0.351 e. The highest BCUT2D eigenvalue weighted by Gasteiger charge is 2.13. The van der Waals surface area contributed by atoms with Crippen molar-refractivity contribution < 1.29 is 8.78 Å². The molecule has 0 aliphatic carbocycles. The van der Waals surface area contributed by atoms with Crippen LogP contribution >= 0.6 is 0 Å². The minimum absolute atomic E-state index is 0.330. The highest BCUT2D eigenvalue weighted by Crippen LogP contribution is 2.32. The van der Waals surface area contributed by atoms with Crippen molar-refractivity contribution in [3.8, 4) is 11.3 Å². The van der Waals surface area contributed by atoms with Gasteiger partial charge in [0.25, 0.3) is 0 Å². The van der Waals surface area contributed by atoms with Gasteiger partial charge in [-0.05, 0) is 30.7 Å². The van der Waals surface area contributed by atoms with Crippen molar-refractivity contribution in [3.63, 3.8) is 0 Å². The lowest BCUT2D eigenvalue weighted by Crippen LogP contribution is -1.94. The number of aromatic nitrogens is 2. The van der Waals surface area contributed by atoms with Gasteiger partial charge in [-0.1, -0.05) is 12.1 Å². The Balaban J connectivity index is 2.06. The first-order valence-corrected chi connectivity index (χ1v) is 7.35. The predicted molar refractivity (Wildman–Crippen MR) is 88.3 cm³/mol. The fourth-order valence-corrected chi connectivity index (χ4v) is 3.08. The Kier molecular flexibility index (Phi) is 2.94. The first-order valence-electron chi connectivity index (χ1n) is 7.35. The second-order valence-electron chi connectivity index (χ2n) is 5.77. The summed E-state index contributed by atoms with van der Waals surface area (Å²) < 4.78 is 29.5. The number of halogens is 2. The Bertz CT molecular complexity index is 1060. The van der Waals surface area contributed by atoms with E-state index in [0.717, 1.165) is 33.8 Å². The molecule has 4 heteroatoms. The molecule has 2 aromatic heterocycles. The van der Waals surface area contributed by atoms with Crippen LogP contribution in [-0.2, 0) is 7.05 Å². The van der Waals surface area contributed by atoms with E-state index in [4.69, 9.17) is 0 Å². The van der Waals surface area contributed by atoms with Gasteiger partial charge in [-0.2, -0.15) is 0 Å². The van der Waals surface area contributed by atoms with Crippen LogP contribution in [0.2, 0.25) is 0 Å². The Labute approximate surface area is 132 Å². The predicted octanol–water partition coefficient (Wildman–Crippen LogP) is 4.98. The van der Waals surface area contributed by atoms with Gasteiger partial charge in [-0.25, -0.2) is 13.8 Å². The topological polar surface area (TPSA) is 17.8 Å². The summed E-state index contributed by atoms with van der Waals surface area (Å²) in [6.07, 6.45) is 1.99. The maximum atomic E-state index is 13.9. The van der Waals surface area contributed by atoms with E-state index in [1.165, 1.54) is 6.07 Å². The monoisotopic (exact) mass is 308 g/mol. The van der Waals surface area contributed by atoms with E-state index in [0.29, 0.717) is 10.9 Å². The van der Waals surface area contributed by atoms with Gasteiger partial charge in [-0.3, -0.25) is 0 Å². The summed E-state index contributed by atoms with van der Waals surface area (Å²) in [6.45, 7) is 1.90. The molecule has 0 aliphatic heterocycles. The van der Waals surface area contributed by atoms with E-state index in [-0.39, 0.29) is 0 Å². The lowest BCUT2D eigenvalue weighted by Gasteiger charge is -2.10. The number of hydrogen-bond donors (Lipinski definition) is 0. The molecule has 0 radical (unpaired) electrons. The van der Waals surface area contributed by atoms with Gasteiger partial charge in [0.15, 0.2) is 0 Å². The molecule has 2 nitrogen and oxygen atoms in total. The molecule has 0 spiro atoms. The van der Waals surface area contributed by atoms with E-state index >= 15 is 0 Å². The van der Waals surface area contributed by atoms with Gasteiger partial charge < -0.3 is 4.57 Å². The lowest BCUT2D eigenvalue weighted by molar-refractivity contribution is 0.591. The van der Waals surface area contributed by atoms with Gasteiger partial charge in [0.2, 0.25) is 0 Å². The SMILES string of the molecule is Cc1cc2c(F)cc(F)cc2nc1-c1cccc2c1ccn2C. The molecule has 0 saturated heterocycles. The lowest BCUT2D eigenvalue weighted by atomic mass is 10.0. The first-order chi connectivity index (χ1) is 11.0. The number of hydrogen-bond acceptors (Lipinski definition) is 1. The third-order valence-corrected chi connectivity index (χ3v) is 4.22. The number of aryl methyl sites for hydroxylation is 2. The summed E-state index contributed by atoms with van der Waals surface area (Å²) in [5.74, 6) is -1.20. The number of fused-ring (bicyclic) bond motifs is 2. The van der Waals surface area contributed by atoms with Crippen molar-refractivity contribution in [1.29, 1.82) is 0 Å². The molecule has 0 aliphatic rings. The maximum Gasteiger partial charge on any atom is 0.135 e. The second-order valence-corrected chi connectivity index (χ2v) is 5.77. The van der Waals surface area contributed by atoms with Crippen LogP contribution in [0.1, 0.15) is 5.56 Å². The molecule has 0 saturated carbocycles. The average Bonchev–Trinajstić information content (AvgIpc) is 2.89. The standard InChI is InChI=1S/C19H14F2N2/c1-11-8-15-16(21)9-12(20)10-17(15)22-19(11)14-4-3-5-18-13(14)6-7-23(18)2/h3-10H,1-2H3.